The minimum atomic E-state index is 0.845. The molecule has 132 valence electrons. The second-order valence-corrected chi connectivity index (χ2v) is 6.13. The third kappa shape index (κ3) is 8.38. The maximum atomic E-state index is 5.79. The summed E-state index contributed by atoms with van der Waals surface area (Å²) in [6, 6.07) is 8.65. The number of benzene rings is 1. The Hall–Kier alpha value is -1.06. The number of nitrogens with zero attached hydrogens (tertiary/aromatic N) is 2. The lowest BCUT2D eigenvalue weighted by molar-refractivity contribution is 0.148. The smallest absolute Gasteiger partial charge is 0.119 e. The fraction of sp³-hybridized carbons (Fsp3) is 0.700. The maximum Gasteiger partial charge on any atom is 0.119 e. The molecule has 0 unspecified atom stereocenters. The number of rotatable bonds is 8. The molecule has 0 spiro atoms. The number of piperazine rings is 1. The van der Waals surface area contributed by atoms with Gasteiger partial charge in [-0.1, -0.05) is 52.2 Å². The van der Waals surface area contributed by atoms with E-state index in [9.17, 15) is 0 Å². The molecule has 0 aliphatic carbocycles. The van der Waals surface area contributed by atoms with Gasteiger partial charge in [0.05, 0.1) is 6.61 Å². The van der Waals surface area contributed by atoms with Gasteiger partial charge in [-0.3, -0.25) is 4.90 Å². The monoisotopic (exact) mass is 320 g/mol. The van der Waals surface area contributed by atoms with Crippen LogP contribution in [0.25, 0.3) is 0 Å². The minimum absolute atomic E-state index is 0.845. The molecule has 0 radical (unpaired) electrons. The van der Waals surface area contributed by atoms with E-state index in [-0.39, 0.29) is 0 Å². The number of hydrogen-bond donors (Lipinski definition) is 0. The topological polar surface area (TPSA) is 15.7 Å². The van der Waals surface area contributed by atoms with Crippen LogP contribution in [-0.4, -0.2) is 49.6 Å². The molecule has 1 aromatic carbocycles. The van der Waals surface area contributed by atoms with Gasteiger partial charge in [0.15, 0.2) is 0 Å². The average molecular weight is 321 g/mol. The second kappa shape index (κ2) is 12.4. The van der Waals surface area contributed by atoms with Gasteiger partial charge in [0.25, 0.3) is 0 Å². The van der Waals surface area contributed by atoms with E-state index in [4.69, 9.17) is 4.74 Å². The summed E-state index contributed by atoms with van der Waals surface area (Å²) in [5.41, 5.74) is 1.39. The Morgan fingerprint density at radius 2 is 1.57 bits per heavy atom. The van der Waals surface area contributed by atoms with E-state index in [0.29, 0.717) is 0 Å². The molecule has 0 amide bonds. The fourth-order valence-electron chi connectivity index (χ4n) is 2.67. The molecular weight excluding hydrogens is 284 g/mol. The predicted octanol–water partition coefficient (Wildman–Crippen LogP) is 4.42. The van der Waals surface area contributed by atoms with Crippen LogP contribution in [0.5, 0.6) is 5.75 Å². The number of unbranched alkanes of at least 4 members (excludes halogenated alkanes) is 3. The maximum absolute atomic E-state index is 5.79. The summed E-state index contributed by atoms with van der Waals surface area (Å²) in [6.45, 7) is 12.8. The summed E-state index contributed by atoms with van der Waals surface area (Å²) in [5, 5.41) is 0. The summed E-state index contributed by atoms with van der Waals surface area (Å²) >= 11 is 0. The quantitative estimate of drug-likeness (QED) is 0.660. The molecule has 2 rings (SSSR count). The highest BCUT2D eigenvalue weighted by molar-refractivity contribution is 5.27. The van der Waals surface area contributed by atoms with Crippen LogP contribution >= 0.6 is 0 Å². The van der Waals surface area contributed by atoms with Crippen LogP contribution in [0.15, 0.2) is 24.3 Å². The van der Waals surface area contributed by atoms with E-state index in [1.165, 1.54) is 51.0 Å². The van der Waals surface area contributed by atoms with Gasteiger partial charge in [0, 0.05) is 32.7 Å². The van der Waals surface area contributed by atoms with Crippen LogP contribution in [0.3, 0.4) is 0 Å². The van der Waals surface area contributed by atoms with Crippen molar-refractivity contribution < 1.29 is 4.74 Å². The number of likely N-dealkylation sites (N-methyl/N-ethyl adjacent to an activating group) is 1. The normalized spacial score (nSPS) is 15.8. The van der Waals surface area contributed by atoms with E-state index in [2.05, 4.69) is 48.0 Å². The molecule has 0 N–H and O–H groups in total. The summed E-state index contributed by atoms with van der Waals surface area (Å²) in [5.74, 6) is 1.01. The van der Waals surface area contributed by atoms with Crippen molar-refractivity contribution in [3.05, 3.63) is 29.8 Å². The van der Waals surface area contributed by atoms with Crippen LogP contribution in [0, 0.1) is 0 Å². The SMILES string of the molecule is CC.CCCCCCOc1ccc(CN2CCN(C)CC2)cc1. The molecule has 1 aliphatic rings. The van der Waals surface area contributed by atoms with Crippen molar-refractivity contribution in [3.8, 4) is 5.75 Å². The van der Waals surface area contributed by atoms with Crippen molar-refractivity contribution in [1.29, 1.82) is 0 Å². The highest BCUT2D eigenvalue weighted by Crippen LogP contribution is 2.15. The summed E-state index contributed by atoms with van der Waals surface area (Å²) in [4.78, 5) is 4.92. The second-order valence-electron chi connectivity index (χ2n) is 6.13. The van der Waals surface area contributed by atoms with E-state index >= 15 is 0 Å². The largest absolute Gasteiger partial charge is 0.494 e. The highest BCUT2D eigenvalue weighted by Gasteiger charge is 2.13. The molecule has 3 heteroatoms. The first-order chi connectivity index (χ1) is 11.3. The Kier molecular flexibility index (Phi) is 10.8. The molecule has 3 nitrogen and oxygen atoms in total. The predicted molar refractivity (Wildman–Crippen MR) is 100 cm³/mol. The van der Waals surface area contributed by atoms with E-state index in [0.717, 1.165) is 25.3 Å². The van der Waals surface area contributed by atoms with Gasteiger partial charge >= 0.3 is 0 Å². The Balaban J connectivity index is 0.00000127. The highest BCUT2D eigenvalue weighted by atomic mass is 16.5. The molecule has 0 atom stereocenters. The zero-order chi connectivity index (χ0) is 16.9. The van der Waals surface area contributed by atoms with Gasteiger partial charge < -0.3 is 9.64 Å². The Morgan fingerprint density at radius 1 is 0.913 bits per heavy atom. The van der Waals surface area contributed by atoms with Crippen molar-refractivity contribution >= 4 is 0 Å². The van der Waals surface area contributed by atoms with Crippen LogP contribution in [0.1, 0.15) is 52.0 Å². The lowest BCUT2D eigenvalue weighted by Crippen LogP contribution is -2.43. The van der Waals surface area contributed by atoms with Crippen molar-refractivity contribution in [1.82, 2.24) is 9.80 Å². The first kappa shape index (κ1) is 20.0. The van der Waals surface area contributed by atoms with Crippen LogP contribution in [-0.2, 0) is 6.54 Å². The van der Waals surface area contributed by atoms with Gasteiger partial charge in [0.2, 0.25) is 0 Å². The standard InChI is InChI=1S/C18H30N2O.C2H6/c1-3-4-5-6-15-21-18-9-7-17(8-10-18)16-20-13-11-19(2)12-14-20;1-2/h7-10H,3-6,11-16H2,1-2H3;1-2H3. The van der Waals surface area contributed by atoms with Gasteiger partial charge in [-0.15, -0.1) is 0 Å². The molecule has 0 saturated carbocycles. The molecule has 23 heavy (non-hydrogen) atoms. The van der Waals surface area contributed by atoms with Crippen LogP contribution in [0.2, 0.25) is 0 Å². The van der Waals surface area contributed by atoms with Gasteiger partial charge in [0.1, 0.15) is 5.75 Å². The first-order valence-electron chi connectivity index (χ1n) is 9.40. The zero-order valence-corrected chi connectivity index (χ0v) is 15.7. The Morgan fingerprint density at radius 3 is 2.17 bits per heavy atom. The minimum Gasteiger partial charge on any atom is -0.494 e. The van der Waals surface area contributed by atoms with E-state index in [1.807, 2.05) is 13.8 Å². The lowest BCUT2D eigenvalue weighted by atomic mass is 10.2. The Labute approximate surface area is 143 Å². The van der Waals surface area contributed by atoms with Crippen molar-refractivity contribution in [2.24, 2.45) is 0 Å². The number of hydrogen-bond acceptors (Lipinski definition) is 3. The first-order valence-corrected chi connectivity index (χ1v) is 9.40. The van der Waals surface area contributed by atoms with Crippen molar-refractivity contribution in [3.63, 3.8) is 0 Å². The zero-order valence-electron chi connectivity index (χ0n) is 15.7. The molecule has 1 saturated heterocycles. The molecule has 0 aromatic heterocycles. The lowest BCUT2D eigenvalue weighted by Gasteiger charge is -2.32. The van der Waals surface area contributed by atoms with E-state index < -0.39 is 0 Å². The fourth-order valence-corrected chi connectivity index (χ4v) is 2.67. The number of ether oxygens (including phenoxy) is 1. The van der Waals surface area contributed by atoms with Gasteiger partial charge in [-0.05, 0) is 31.2 Å². The molecular formula is C20H36N2O. The molecule has 1 heterocycles. The molecule has 1 fully saturated rings. The third-order valence-corrected chi connectivity index (χ3v) is 4.19. The summed E-state index contributed by atoms with van der Waals surface area (Å²) < 4.78 is 5.79. The molecule has 0 bridgehead atoms. The van der Waals surface area contributed by atoms with E-state index in [1.54, 1.807) is 0 Å². The van der Waals surface area contributed by atoms with Crippen LogP contribution in [0.4, 0.5) is 0 Å². The van der Waals surface area contributed by atoms with Gasteiger partial charge in [-0.25, -0.2) is 0 Å². The van der Waals surface area contributed by atoms with Crippen molar-refractivity contribution in [2.45, 2.75) is 53.0 Å². The van der Waals surface area contributed by atoms with Crippen molar-refractivity contribution in [2.75, 3.05) is 39.8 Å². The van der Waals surface area contributed by atoms with Gasteiger partial charge in [-0.2, -0.15) is 0 Å². The third-order valence-electron chi connectivity index (χ3n) is 4.19. The molecule has 1 aliphatic heterocycles. The van der Waals surface area contributed by atoms with Crippen LogP contribution < -0.4 is 4.74 Å². The summed E-state index contributed by atoms with van der Waals surface area (Å²) in [7, 11) is 2.20. The summed E-state index contributed by atoms with van der Waals surface area (Å²) in [6.07, 6.45) is 5.03. The Bertz CT molecular complexity index is 383. The molecule has 1 aromatic rings. The average Bonchev–Trinajstić information content (AvgIpc) is 2.60.